The number of aromatic carboxylic acids is 1. The van der Waals surface area contributed by atoms with Crippen LogP contribution in [-0.2, 0) is 13.0 Å². The molecule has 1 heterocycles. The second-order valence-electron chi connectivity index (χ2n) is 3.83. The highest BCUT2D eigenvalue weighted by molar-refractivity contribution is 5.95. The normalized spacial score (nSPS) is 10.9. The zero-order chi connectivity index (χ0) is 11.7. The fourth-order valence-electron chi connectivity index (χ4n) is 2.10. The van der Waals surface area contributed by atoms with Crippen LogP contribution in [0, 0.1) is 0 Å². The van der Waals surface area contributed by atoms with E-state index in [1.165, 1.54) is 0 Å². The monoisotopic (exact) mass is 217 g/mol. The van der Waals surface area contributed by atoms with E-state index in [0.29, 0.717) is 5.56 Å². The van der Waals surface area contributed by atoms with Crippen molar-refractivity contribution in [3.8, 4) is 0 Å². The van der Waals surface area contributed by atoms with E-state index >= 15 is 0 Å². The Hall–Kier alpha value is -1.77. The predicted octanol–water partition coefficient (Wildman–Crippen LogP) is 2.92. The maximum absolute atomic E-state index is 11.0. The molecule has 2 aromatic rings. The van der Waals surface area contributed by atoms with E-state index in [1.807, 2.05) is 19.2 Å². The van der Waals surface area contributed by atoms with Crippen molar-refractivity contribution in [1.29, 1.82) is 0 Å². The Kier molecular flexibility index (Phi) is 2.69. The molecule has 0 radical (unpaired) electrons. The molecule has 0 unspecified atom stereocenters. The lowest BCUT2D eigenvalue weighted by Gasteiger charge is -2.07. The summed E-state index contributed by atoms with van der Waals surface area (Å²) in [6.07, 6.45) is 2.86. The molecule has 1 aromatic heterocycles. The van der Waals surface area contributed by atoms with E-state index < -0.39 is 5.97 Å². The van der Waals surface area contributed by atoms with E-state index in [4.69, 9.17) is 5.11 Å². The first-order chi connectivity index (χ1) is 7.67. The summed E-state index contributed by atoms with van der Waals surface area (Å²) in [5.74, 6) is -0.860. The van der Waals surface area contributed by atoms with E-state index in [2.05, 4.69) is 11.5 Å². The Morgan fingerprint density at radius 2 is 2.12 bits per heavy atom. The van der Waals surface area contributed by atoms with Crippen LogP contribution in [0.2, 0.25) is 0 Å². The fourth-order valence-corrected chi connectivity index (χ4v) is 2.10. The molecule has 0 aliphatic heterocycles. The molecule has 84 valence electrons. The van der Waals surface area contributed by atoms with Crippen LogP contribution in [-0.4, -0.2) is 15.6 Å². The molecule has 0 amide bonds. The first kappa shape index (κ1) is 10.7. The molecule has 0 aliphatic carbocycles. The lowest BCUT2D eigenvalue weighted by molar-refractivity contribution is 0.0697. The molecular formula is C13H15NO2. The summed E-state index contributed by atoms with van der Waals surface area (Å²) in [5, 5.41) is 10.0. The van der Waals surface area contributed by atoms with E-state index in [9.17, 15) is 4.79 Å². The van der Waals surface area contributed by atoms with Crippen molar-refractivity contribution in [3.63, 3.8) is 0 Å². The van der Waals surface area contributed by atoms with Gasteiger partial charge < -0.3 is 9.67 Å². The molecule has 0 fully saturated rings. The quantitative estimate of drug-likeness (QED) is 0.858. The summed E-state index contributed by atoms with van der Waals surface area (Å²) in [6.45, 7) is 5.04. The molecule has 0 spiro atoms. The summed E-state index contributed by atoms with van der Waals surface area (Å²) in [6, 6.07) is 5.49. The smallest absolute Gasteiger partial charge is 0.335 e. The number of aromatic nitrogens is 1. The third-order valence-corrected chi connectivity index (χ3v) is 2.91. The number of aryl methyl sites for hydroxylation is 2. The summed E-state index contributed by atoms with van der Waals surface area (Å²) < 4.78 is 2.15. The Labute approximate surface area is 94.3 Å². The van der Waals surface area contributed by atoms with E-state index in [-0.39, 0.29) is 0 Å². The Morgan fingerprint density at radius 3 is 2.69 bits per heavy atom. The highest BCUT2D eigenvalue weighted by Gasteiger charge is 2.10. The second-order valence-corrected chi connectivity index (χ2v) is 3.83. The SMILES string of the molecule is CCc1cc(C(=O)O)cc2ccn(CC)c12. The van der Waals surface area contributed by atoms with Crippen molar-refractivity contribution in [3.05, 3.63) is 35.5 Å². The number of rotatable bonds is 3. The Morgan fingerprint density at radius 1 is 1.38 bits per heavy atom. The molecule has 3 nitrogen and oxygen atoms in total. The van der Waals surface area contributed by atoms with Gasteiger partial charge in [-0.3, -0.25) is 0 Å². The van der Waals surface area contributed by atoms with Crippen molar-refractivity contribution in [2.45, 2.75) is 26.8 Å². The highest BCUT2D eigenvalue weighted by Crippen LogP contribution is 2.23. The molecule has 0 saturated carbocycles. The van der Waals surface area contributed by atoms with Crippen LogP contribution >= 0.6 is 0 Å². The van der Waals surface area contributed by atoms with Crippen LogP contribution < -0.4 is 0 Å². The zero-order valence-corrected chi connectivity index (χ0v) is 9.53. The van der Waals surface area contributed by atoms with Gasteiger partial charge in [0.2, 0.25) is 0 Å². The van der Waals surface area contributed by atoms with Gasteiger partial charge in [0.25, 0.3) is 0 Å². The van der Waals surface area contributed by atoms with Crippen LogP contribution in [0.25, 0.3) is 10.9 Å². The number of carboxylic acids is 1. The highest BCUT2D eigenvalue weighted by atomic mass is 16.4. The lowest BCUT2D eigenvalue weighted by Crippen LogP contribution is -2.00. The van der Waals surface area contributed by atoms with Crippen molar-refractivity contribution in [2.24, 2.45) is 0 Å². The summed E-state index contributed by atoms with van der Waals surface area (Å²) in [7, 11) is 0. The van der Waals surface area contributed by atoms with Gasteiger partial charge in [0, 0.05) is 18.1 Å². The van der Waals surface area contributed by atoms with Crippen LogP contribution in [0.1, 0.15) is 29.8 Å². The minimum Gasteiger partial charge on any atom is -0.478 e. The van der Waals surface area contributed by atoms with Gasteiger partial charge in [-0.15, -0.1) is 0 Å². The van der Waals surface area contributed by atoms with Crippen LogP contribution in [0.4, 0.5) is 0 Å². The summed E-state index contributed by atoms with van der Waals surface area (Å²) in [4.78, 5) is 11.0. The van der Waals surface area contributed by atoms with Crippen LogP contribution in [0.15, 0.2) is 24.4 Å². The summed E-state index contributed by atoms with van der Waals surface area (Å²) in [5.41, 5.74) is 2.63. The van der Waals surface area contributed by atoms with Crippen LogP contribution in [0.5, 0.6) is 0 Å². The third-order valence-electron chi connectivity index (χ3n) is 2.91. The zero-order valence-electron chi connectivity index (χ0n) is 9.53. The maximum atomic E-state index is 11.0. The van der Waals surface area contributed by atoms with Crippen molar-refractivity contribution < 1.29 is 9.90 Å². The fraction of sp³-hybridized carbons (Fsp3) is 0.308. The minimum atomic E-state index is -0.860. The number of hydrogen-bond acceptors (Lipinski definition) is 1. The minimum absolute atomic E-state index is 0.373. The molecule has 2 rings (SSSR count). The van der Waals surface area contributed by atoms with Crippen molar-refractivity contribution in [1.82, 2.24) is 4.57 Å². The number of carboxylic acid groups (broad SMARTS) is 1. The van der Waals surface area contributed by atoms with Gasteiger partial charge in [0.05, 0.1) is 11.1 Å². The molecule has 0 bridgehead atoms. The topological polar surface area (TPSA) is 42.2 Å². The average Bonchev–Trinajstić information content (AvgIpc) is 2.70. The average molecular weight is 217 g/mol. The van der Waals surface area contributed by atoms with Gasteiger partial charge >= 0.3 is 5.97 Å². The molecule has 0 atom stereocenters. The van der Waals surface area contributed by atoms with Gasteiger partial charge in [-0.1, -0.05) is 6.92 Å². The number of fused-ring (bicyclic) bond motifs is 1. The predicted molar refractivity (Wildman–Crippen MR) is 63.9 cm³/mol. The van der Waals surface area contributed by atoms with Gasteiger partial charge in [-0.2, -0.15) is 0 Å². The summed E-state index contributed by atoms with van der Waals surface area (Å²) >= 11 is 0. The first-order valence-electron chi connectivity index (χ1n) is 5.52. The molecule has 1 N–H and O–H groups in total. The lowest BCUT2D eigenvalue weighted by atomic mass is 10.0. The molecule has 0 saturated heterocycles. The largest absolute Gasteiger partial charge is 0.478 e. The number of benzene rings is 1. The van der Waals surface area contributed by atoms with E-state index in [0.717, 1.165) is 29.4 Å². The van der Waals surface area contributed by atoms with Crippen molar-refractivity contribution in [2.75, 3.05) is 0 Å². The Balaban J connectivity index is 2.75. The van der Waals surface area contributed by atoms with Crippen molar-refractivity contribution >= 4 is 16.9 Å². The third kappa shape index (κ3) is 1.58. The maximum Gasteiger partial charge on any atom is 0.335 e. The van der Waals surface area contributed by atoms with Gasteiger partial charge in [-0.05, 0) is 37.1 Å². The number of nitrogens with zero attached hydrogens (tertiary/aromatic N) is 1. The van der Waals surface area contributed by atoms with Gasteiger partial charge in [0.1, 0.15) is 0 Å². The standard InChI is InChI=1S/C13H15NO2/c1-3-9-7-11(13(15)16)8-10-5-6-14(4-2)12(9)10/h5-8H,3-4H2,1-2H3,(H,15,16). The molecular weight excluding hydrogens is 202 g/mol. The van der Waals surface area contributed by atoms with E-state index in [1.54, 1.807) is 12.1 Å². The number of carbonyl (C=O) groups is 1. The number of hydrogen-bond donors (Lipinski definition) is 1. The Bertz CT molecular complexity index is 540. The van der Waals surface area contributed by atoms with Gasteiger partial charge in [0.15, 0.2) is 0 Å². The molecule has 0 aliphatic rings. The second kappa shape index (κ2) is 4.00. The molecule has 1 aromatic carbocycles. The molecule has 3 heteroatoms. The van der Waals surface area contributed by atoms with Crippen LogP contribution in [0.3, 0.4) is 0 Å². The molecule has 16 heavy (non-hydrogen) atoms. The van der Waals surface area contributed by atoms with Gasteiger partial charge in [-0.25, -0.2) is 4.79 Å². The first-order valence-corrected chi connectivity index (χ1v) is 5.52.